The van der Waals surface area contributed by atoms with Crippen LogP contribution >= 0.6 is 0 Å². The summed E-state index contributed by atoms with van der Waals surface area (Å²) in [7, 11) is 1.71. The van der Waals surface area contributed by atoms with Crippen LogP contribution in [0.5, 0.6) is 11.5 Å². The number of carbonyl (C=O) groups excluding carboxylic acids is 1. The Labute approximate surface area is 153 Å². The predicted octanol–water partition coefficient (Wildman–Crippen LogP) is 3.28. The molecule has 0 spiro atoms. The molecular weight excluding hydrogens is 334 g/mol. The molecule has 1 amide bonds. The van der Waals surface area contributed by atoms with Gasteiger partial charge in [-0.05, 0) is 55.3 Å². The summed E-state index contributed by atoms with van der Waals surface area (Å²) in [5, 5.41) is 8.59. The highest BCUT2D eigenvalue weighted by Crippen LogP contribution is 2.19. The summed E-state index contributed by atoms with van der Waals surface area (Å²) in [5.41, 5.74) is 1.85. The van der Waals surface area contributed by atoms with Crippen molar-refractivity contribution in [3.05, 3.63) is 54.1 Å². The molecule has 138 valence electrons. The first kappa shape index (κ1) is 19.3. The number of hydrogen-bond donors (Lipinski definition) is 1. The Morgan fingerprint density at radius 3 is 2.42 bits per heavy atom. The molecule has 0 bridgehead atoms. The van der Waals surface area contributed by atoms with Crippen LogP contribution in [-0.4, -0.2) is 37.2 Å². The van der Waals surface area contributed by atoms with Crippen molar-refractivity contribution in [2.24, 2.45) is 0 Å². The topological polar surface area (TPSA) is 76.1 Å². The van der Waals surface area contributed by atoms with Gasteiger partial charge in [-0.25, -0.2) is 4.79 Å². The number of carbonyl (C=O) groups is 2. The fraction of sp³-hybridized carbons (Fsp3) is 0.300. The molecule has 0 unspecified atom stereocenters. The first-order chi connectivity index (χ1) is 12.5. The average molecular weight is 357 g/mol. The molecule has 0 aromatic heterocycles. The van der Waals surface area contributed by atoms with Crippen molar-refractivity contribution < 1.29 is 24.2 Å². The molecule has 0 heterocycles. The molecule has 0 aliphatic carbocycles. The molecule has 0 aliphatic rings. The molecule has 0 fully saturated rings. The minimum Gasteiger partial charge on any atom is -0.494 e. The van der Waals surface area contributed by atoms with Gasteiger partial charge >= 0.3 is 5.97 Å². The van der Waals surface area contributed by atoms with Crippen molar-refractivity contribution in [3.8, 4) is 11.5 Å². The average Bonchev–Trinajstić information content (AvgIpc) is 2.63. The highest BCUT2D eigenvalue weighted by Gasteiger charge is 2.11. The standard InChI is InChI=1S/C20H23NO5/c1-15-5-3-6-18(13-15)25-12-4-7-19(22)21(2)16-8-10-17(11-9-16)26-14-20(23)24/h3,5-6,8-11,13H,4,7,12,14H2,1-2H3,(H,23,24). The molecule has 0 saturated carbocycles. The molecule has 0 atom stereocenters. The minimum atomic E-state index is -1.03. The van der Waals surface area contributed by atoms with Crippen LogP contribution in [0.1, 0.15) is 18.4 Å². The third kappa shape index (κ3) is 6.12. The van der Waals surface area contributed by atoms with Crippen molar-refractivity contribution in [2.45, 2.75) is 19.8 Å². The van der Waals surface area contributed by atoms with E-state index in [1.807, 2.05) is 31.2 Å². The molecule has 0 radical (unpaired) electrons. The summed E-state index contributed by atoms with van der Waals surface area (Å²) in [6.45, 7) is 2.09. The SMILES string of the molecule is Cc1cccc(OCCCC(=O)N(C)c2ccc(OCC(=O)O)cc2)c1. The predicted molar refractivity (Wildman–Crippen MR) is 98.9 cm³/mol. The monoisotopic (exact) mass is 357 g/mol. The Bertz CT molecular complexity index is 742. The molecule has 0 saturated heterocycles. The molecule has 6 nitrogen and oxygen atoms in total. The number of benzene rings is 2. The maximum absolute atomic E-state index is 12.3. The van der Waals surface area contributed by atoms with E-state index in [-0.39, 0.29) is 5.91 Å². The van der Waals surface area contributed by atoms with Gasteiger partial charge in [-0.3, -0.25) is 4.79 Å². The first-order valence-corrected chi connectivity index (χ1v) is 8.36. The maximum atomic E-state index is 12.3. The Kier molecular flexibility index (Phi) is 7.02. The number of ether oxygens (including phenoxy) is 2. The number of carboxylic acids is 1. The van der Waals surface area contributed by atoms with Gasteiger partial charge in [0.25, 0.3) is 0 Å². The van der Waals surface area contributed by atoms with E-state index in [1.165, 1.54) is 0 Å². The molecule has 2 rings (SSSR count). The fourth-order valence-electron chi connectivity index (χ4n) is 2.34. The third-order valence-corrected chi connectivity index (χ3v) is 3.75. The number of aryl methyl sites for hydroxylation is 1. The fourth-order valence-corrected chi connectivity index (χ4v) is 2.34. The second kappa shape index (κ2) is 9.46. The van der Waals surface area contributed by atoms with Gasteiger partial charge in [0.05, 0.1) is 6.61 Å². The largest absolute Gasteiger partial charge is 0.494 e. The van der Waals surface area contributed by atoms with E-state index in [0.29, 0.717) is 25.2 Å². The van der Waals surface area contributed by atoms with Crippen molar-refractivity contribution in [1.29, 1.82) is 0 Å². The van der Waals surface area contributed by atoms with E-state index in [0.717, 1.165) is 17.0 Å². The van der Waals surface area contributed by atoms with Gasteiger partial charge in [0.15, 0.2) is 6.61 Å². The lowest BCUT2D eigenvalue weighted by atomic mass is 10.2. The van der Waals surface area contributed by atoms with Gasteiger partial charge in [0.2, 0.25) is 5.91 Å². The van der Waals surface area contributed by atoms with E-state index in [1.54, 1.807) is 36.2 Å². The quantitative estimate of drug-likeness (QED) is 0.697. The van der Waals surface area contributed by atoms with E-state index < -0.39 is 12.6 Å². The van der Waals surface area contributed by atoms with Gasteiger partial charge in [0.1, 0.15) is 11.5 Å². The number of hydrogen-bond acceptors (Lipinski definition) is 4. The highest BCUT2D eigenvalue weighted by atomic mass is 16.5. The Morgan fingerprint density at radius 2 is 1.77 bits per heavy atom. The summed E-state index contributed by atoms with van der Waals surface area (Å²) >= 11 is 0. The van der Waals surface area contributed by atoms with E-state index in [2.05, 4.69) is 0 Å². The summed E-state index contributed by atoms with van der Waals surface area (Å²) in [5.74, 6) is 0.206. The lowest BCUT2D eigenvalue weighted by Gasteiger charge is -2.18. The smallest absolute Gasteiger partial charge is 0.341 e. The number of anilines is 1. The normalized spacial score (nSPS) is 10.2. The first-order valence-electron chi connectivity index (χ1n) is 8.36. The summed E-state index contributed by atoms with van der Waals surface area (Å²) < 4.78 is 10.7. The molecule has 0 aliphatic heterocycles. The highest BCUT2D eigenvalue weighted by molar-refractivity contribution is 5.92. The lowest BCUT2D eigenvalue weighted by Crippen LogP contribution is -2.26. The zero-order chi connectivity index (χ0) is 18.9. The van der Waals surface area contributed by atoms with Crippen LogP contribution in [0.15, 0.2) is 48.5 Å². The van der Waals surface area contributed by atoms with Crippen LogP contribution in [-0.2, 0) is 9.59 Å². The van der Waals surface area contributed by atoms with Crippen LogP contribution in [0.25, 0.3) is 0 Å². The zero-order valence-corrected chi connectivity index (χ0v) is 15.0. The van der Waals surface area contributed by atoms with Crippen LogP contribution in [0.2, 0.25) is 0 Å². The van der Waals surface area contributed by atoms with E-state index in [9.17, 15) is 9.59 Å². The van der Waals surface area contributed by atoms with Crippen LogP contribution in [0.4, 0.5) is 5.69 Å². The summed E-state index contributed by atoms with van der Waals surface area (Å²) in [6.07, 6.45) is 0.997. The zero-order valence-electron chi connectivity index (χ0n) is 15.0. The Morgan fingerprint density at radius 1 is 1.04 bits per heavy atom. The van der Waals surface area contributed by atoms with Gasteiger partial charge in [-0.2, -0.15) is 0 Å². The lowest BCUT2D eigenvalue weighted by molar-refractivity contribution is -0.139. The van der Waals surface area contributed by atoms with Gasteiger partial charge < -0.3 is 19.5 Å². The van der Waals surface area contributed by atoms with Crippen LogP contribution in [0, 0.1) is 6.92 Å². The van der Waals surface area contributed by atoms with Gasteiger partial charge in [0, 0.05) is 19.2 Å². The molecule has 26 heavy (non-hydrogen) atoms. The van der Waals surface area contributed by atoms with E-state index in [4.69, 9.17) is 14.6 Å². The Hall–Kier alpha value is -3.02. The molecule has 6 heteroatoms. The number of rotatable bonds is 9. The van der Waals surface area contributed by atoms with Crippen molar-refractivity contribution in [2.75, 3.05) is 25.2 Å². The second-order valence-electron chi connectivity index (χ2n) is 5.90. The van der Waals surface area contributed by atoms with E-state index >= 15 is 0 Å². The van der Waals surface area contributed by atoms with Crippen molar-refractivity contribution in [1.82, 2.24) is 0 Å². The molecule has 2 aromatic carbocycles. The van der Waals surface area contributed by atoms with Crippen LogP contribution in [0.3, 0.4) is 0 Å². The number of nitrogens with zero attached hydrogens (tertiary/aromatic N) is 1. The van der Waals surface area contributed by atoms with Gasteiger partial charge in [-0.15, -0.1) is 0 Å². The Balaban J connectivity index is 1.76. The molecular formula is C20H23NO5. The summed E-state index contributed by atoms with van der Waals surface area (Å²) in [4.78, 5) is 24.3. The van der Waals surface area contributed by atoms with Gasteiger partial charge in [-0.1, -0.05) is 12.1 Å². The molecule has 2 aromatic rings. The van der Waals surface area contributed by atoms with Crippen molar-refractivity contribution >= 4 is 17.6 Å². The number of amides is 1. The second-order valence-corrected chi connectivity index (χ2v) is 5.90. The third-order valence-electron chi connectivity index (χ3n) is 3.75. The molecule has 1 N–H and O–H groups in total. The van der Waals surface area contributed by atoms with Crippen LogP contribution < -0.4 is 14.4 Å². The number of aliphatic carboxylic acids is 1. The number of carboxylic acid groups (broad SMARTS) is 1. The van der Waals surface area contributed by atoms with Crippen molar-refractivity contribution in [3.63, 3.8) is 0 Å². The summed E-state index contributed by atoms with van der Waals surface area (Å²) in [6, 6.07) is 14.5. The minimum absolute atomic E-state index is 0.0166. The maximum Gasteiger partial charge on any atom is 0.341 e.